The lowest BCUT2D eigenvalue weighted by atomic mass is 10.1. The van der Waals surface area contributed by atoms with Crippen molar-refractivity contribution in [1.29, 1.82) is 0 Å². The van der Waals surface area contributed by atoms with Crippen LogP contribution in [0.25, 0.3) is 0 Å². The Morgan fingerprint density at radius 1 is 0.773 bits per heavy atom. The SMILES string of the molecule is O=C1[C@@H]2[C@H](C(=O)N1c1cc(Cl)cc(Cl)c1)[C@H]2c1ccccc1. The number of benzene rings is 2. The average Bonchev–Trinajstić information content (AvgIpc) is 3.16. The molecule has 0 aromatic heterocycles. The largest absolute Gasteiger partial charge is 0.274 e. The van der Waals surface area contributed by atoms with E-state index in [9.17, 15) is 9.59 Å². The molecule has 1 aliphatic heterocycles. The van der Waals surface area contributed by atoms with Gasteiger partial charge in [-0.2, -0.15) is 0 Å². The van der Waals surface area contributed by atoms with Crippen LogP contribution in [0.4, 0.5) is 5.69 Å². The second-order valence-corrected chi connectivity index (χ2v) is 6.50. The van der Waals surface area contributed by atoms with Crippen LogP contribution in [0.3, 0.4) is 0 Å². The maximum atomic E-state index is 12.6. The molecule has 0 unspecified atom stereocenters. The average molecular weight is 332 g/mol. The van der Waals surface area contributed by atoms with Crippen LogP contribution in [0.1, 0.15) is 11.5 Å². The highest BCUT2D eigenvalue weighted by atomic mass is 35.5. The smallest absolute Gasteiger partial charge is 0.238 e. The number of piperidine rings is 1. The summed E-state index contributed by atoms with van der Waals surface area (Å²) in [5.41, 5.74) is 1.49. The Balaban J connectivity index is 1.66. The zero-order valence-corrected chi connectivity index (χ0v) is 12.9. The highest BCUT2D eigenvalue weighted by Gasteiger charge is 2.67. The molecular weight excluding hydrogens is 321 g/mol. The molecule has 2 aromatic rings. The summed E-state index contributed by atoms with van der Waals surface area (Å²) in [4.78, 5) is 26.4. The molecule has 0 bridgehead atoms. The van der Waals surface area contributed by atoms with E-state index in [1.165, 1.54) is 4.90 Å². The fraction of sp³-hybridized carbons (Fsp3) is 0.176. The molecule has 3 atom stereocenters. The Morgan fingerprint density at radius 2 is 1.32 bits per heavy atom. The molecule has 1 aliphatic carbocycles. The van der Waals surface area contributed by atoms with E-state index in [0.29, 0.717) is 15.7 Å². The number of amides is 2. The lowest BCUT2D eigenvalue weighted by Crippen LogP contribution is -2.34. The summed E-state index contributed by atoms with van der Waals surface area (Å²) in [6, 6.07) is 14.4. The number of carbonyl (C=O) groups excluding carboxylic acids is 2. The van der Waals surface area contributed by atoms with Gasteiger partial charge in [0.15, 0.2) is 0 Å². The van der Waals surface area contributed by atoms with Crippen LogP contribution in [0, 0.1) is 11.8 Å². The quantitative estimate of drug-likeness (QED) is 0.782. The van der Waals surface area contributed by atoms with Gasteiger partial charge in [-0.3, -0.25) is 9.59 Å². The number of rotatable bonds is 2. The molecule has 0 spiro atoms. The molecule has 22 heavy (non-hydrogen) atoms. The minimum atomic E-state index is -0.257. The van der Waals surface area contributed by atoms with Crippen molar-refractivity contribution in [2.45, 2.75) is 5.92 Å². The monoisotopic (exact) mass is 331 g/mol. The number of hydrogen-bond donors (Lipinski definition) is 0. The fourth-order valence-corrected chi connectivity index (χ4v) is 3.86. The van der Waals surface area contributed by atoms with Crippen LogP contribution in [0.2, 0.25) is 10.0 Å². The Bertz CT molecular complexity index is 748. The molecule has 1 heterocycles. The number of halogens is 2. The van der Waals surface area contributed by atoms with Crippen molar-refractivity contribution in [3.8, 4) is 0 Å². The topological polar surface area (TPSA) is 37.4 Å². The van der Waals surface area contributed by atoms with Crippen molar-refractivity contribution in [1.82, 2.24) is 0 Å². The number of fused-ring (bicyclic) bond motifs is 1. The van der Waals surface area contributed by atoms with E-state index in [-0.39, 0.29) is 29.6 Å². The second kappa shape index (κ2) is 4.83. The third-order valence-electron chi connectivity index (χ3n) is 4.32. The first-order chi connectivity index (χ1) is 10.6. The summed E-state index contributed by atoms with van der Waals surface area (Å²) in [6.45, 7) is 0. The van der Waals surface area contributed by atoms with Gasteiger partial charge >= 0.3 is 0 Å². The van der Waals surface area contributed by atoms with E-state index < -0.39 is 0 Å². The van der Waals surface area contributed by atoms with Crippen molar-refractivity contribution >= 4 is 40.7 Å². The third kappa shape index (κ3) is 1.97. The molecule has 4 rings (SSSR count). The van der Waals surface area contributed by atoms with Crippen molar-refractivity contribution < 1.29 is 9.59 Å². The van der Waals surface area contributed by atoms with Crippen molar-refractivity contribution in [3.63, 3.8) is 0 Å². The number of imide groups is 1. The first kappa shape index (κ1) is 13.8. The Labute approximate surface area is 137 Å². The summed E-state index contributed by atoms with van der Waals surface area (Å²) in [5, 5.41) is 0.812. The van der Waals surface area contributed by atoms with E-state index in [4.69, 9.17) is 23.2 Å². The van der Waals surface area contributed by atoms with Crippen LogP contribution >= 0.6 is 23.2 Å². The lowest BCUT2D eigenvalue weighted by molar-refractivity contribution is -0.123. The summed E-state index contributed by atoms with van der Waals surface area (Å²) in [7, 11) is 0. The molecule has 2 aliphatic rings. The zero-order chi connectivity index (χ0) is 15.4. The molecule has 0 radical (unpaired) electrons. The van der Waals surface area contributed by atoms with Crippen LogP contribution in [-0.2, 0) is 9.59 Å². The van der Waals surface area contributed by atoms with Gasteiger partial charge in [-0.25, -0.2) is 4.90 Å². The van der Waals surface area contributed by atoms with Gasteiger partial charge in [-0.1, -0.05) is 53.5 Å². The van der Waals surface area contributed by atoms with E-state index in [1.54, 1.807) is 18.2 Å². The molecule has 3 nitrogen and oxygen atoms in total. The minimum absolute atomic E-state index is 0.00658. The predicted octanol–water partition coefficient (Wildman–Crippen LogP) is 3.90. The minimum Gasteiger partial charge on any atom is -0.274 e. The molecule has 1 saturated carbocycles. The van der Waals surface area contributed by atoms with Gasteiger partial charge in [0.25, 0.3) is 0 Å². The van der Waals surface area contributed by atoms with Crippen LogP contribution in [-0.4, -0.2) is 11.8 Å². The maximum Gasteiger partial charge on any atom is 0.238 e. The molecule has 5 heteroatoms. The van der Waals surface area contributed by atoms with Crippen molar-refractivity contribution in [3.05, 3.63) is 64.1 Å². The molecule has 1 saturated heterocycles. The molecular formula is C17H11Cl2NO2. The Morgan fingerprint density at radius 3 is 1.86 bits per heavy atom. The van der Waals surface area contributed by atoms with Crippen LogP contribution in [0.5, 0.6) is 0 Å². The fourth-order valence-electron chi connectivity index (χ4n) is 3.34. The van der Waals surface area contributed by atoms with Gasteiger partial charge in [0.05, 0.1) is 17.5 Å². The van der Waals surface area contributed by atoms with Gasteiger partial charge in [-0.05, 0) is 23.8 Å². The first-order valence-electron chi connectivity index (χ1n) is 6.97. The van der Waals surface area contributed by atoms with E-state index in [0.717, 1.165) is 5.56 Å². The highest BCUT2D eigenvalue weighted by Crippen LogP contribution is 2.60. The van der Waals surface area contributed by atoms with Crippen LogP contribution < -0.4 is 4.90 Å². The number of carbonyl (C=O) groups is 2. The summed E-state index contributed by atoms with van der Waals surface area (Å²) >= 11 is 11.9. The van der Waals surface area contributed by atoms with Crippen molar-refractivity contribution in [2.75, 3.05) is 4.90 Å². The molecule has 2 aromatic carbocycles. The van der Waals surface area contributed by atoms with Gasteiger partial charge in [-0.15, -0.1) is 0 Å². The summed E-state index contributed by atoms with van der Waals surface area (Å²) < 4.78 is 0. The molecule has 0 N–H and O–H groups in total. The van der Waals surface area contributed by atoms with Gasteiger partial charge in [0.1, 0.15) is 0 Å². The van der Waals surface area contributed by atoms with Gasteiger partial charge in [0.2, 0.25) is 11.8 Å². The summed E-state index contributed by atoms with van der Waals surface area (Å²) in [6.07, 6.45) is 0. The van der Waals surface area contributed by atoms with Gasteiger partial charge < -0.3 is 0 Å². The number of nitrogens with zero attached hydrogens (tertiary/aromatic N) is 1. The highest BCUT2D eigenvalue weighted by molar-refractivity contribution is 6.36. The third-order valence-corrected chi connectivity index (χ3v) is 4.76. The molecule has 2 amide bonds. The van der Waals surface area contributed by atoms with Gasteiger partial charge in [0, 0.05) is 16.0 Å². The van der Waals surface area contributed by atoms with E-state index in [1.807, 2.05) is 30.3 Å². The molecule has 2 fully saturated rings. The predicted molar refractivity (Wildman–Crippen MR) is 85.1 cm³/mol. The number of hydrogen-bond acceptors (Lipinski definition) is 2. The standard InChI is InChI=1S/C17H11Cl2NO2/c18-10-6-11(19)8-12(7-10)20-16(21)14-13(15(14)17(20)22)9-4-2-1-3-5-9/h1-8,13-15H/t13-,14-,15+. The normalized spacial score (nSPS) is 26.3. The lowest BCUT2D eigenvalue weighted by Gasteiger charge is -2.19. The first-order valence-corrected chi connectivity index (χ1v) is 7.72. The zero-order valence-electron chi connectivity index (χ0n) is 11.4. The van der Waals surface area contributed by atoms with Crippen molar-refractivity contribution in [2.24, 2.45) is 11.8 Å². The van der Waals surface area contributed by atoms with E-state index >= 15 is 0 Å². The van der Waals surface area contributed by atoms with E-state index in [2.05, 4.69) is 0 Å². The summed E-state index contributed by atoms with van der Waals surface area (Å²) in [5.74, 6) is -0.836. The number of anilines is 1. The Kier molecular flexibility index (Phi) is 3.03. The Hall–Kier alpha value is -1.84. The molecule has 110 valence electrons. The maximum absolute atomic E-state index is 12.6. The van der Waals surface area contributed by atoms with Crippen LogP contribution in [0.15, 0.2) is 48.5 Å². The second-order valence-electron chi connectivity index (χ2n) is 5.63.